The van der Waals surface area contributed by atoms with Gasteiger partial charge in [-0.05, 0) is 63.1 Å². The van der Waals surface area contributed by atoms with Gasteiger partial charge in [0, 0.05) is 24.2 Å². The zero-order valence-corrected chi connectivity index (χ0v) is 20.6. The van der Waals surface area contributed by atoms with Gasteiger partial charge < -0.3 is 9.13 Å². The minimum atomic E-state index is 0.0512. The molecule has 0 radical (unpaired) electrons. The van der Waals surface area contributed by atoms with Crippen molar-refractivity contribution in [3.05, 3.63) is 57.1 Å². The van der Waals surface area contributed by atoms with Crippen LogP contribution in [0.4, 0.5) is 0 Å². The van der Waals surface area contributed by atoms with Crippen molar-refractivity contribution in [2.45, 2.75) is 59.0 Å². The van der Waals surface area contributed by atoms with Crippen LogP contribution in [0.2, 0.25) is 0 Å². The highest BCUT2D eigenvalue weighted by Crippen LogP contribution is 2.21. The van der Waals surface area contributed by atoms with Crippen molar-refractivity contribution in [3.8, 4) is 0 Å². The van der Waals surface area contributed by atoms with E-state index < -0.39 is 0 Å². The zero-order valence-electron chi connectivity index (χ0n) is 18.9. The number of aromatic nitrogens is 2. The first-order valence-electron chi connectivity index (χ1n) is 11.2. The number of nitrogens with zero attached hydrogens (tertiary/aromatic N) is 2. The van der Waals surface area contributed by atoms with Gasteiger partial charge in [0.25, 0.3) is 0 Å². The standard InChI is InChI=1S/C25H28N4O2S2/c1-16(30)18-8-10-20-22(14-18)32-24(26)28(20)12-6-4-3-5-7-13-29-21-11-9-19(17(2)31)15-23(21)33-25(29)27/h8-11,14-15,26-27H,3-7,12-13H2,1-2H3. The highest BCUT2D eigenvalue weighted by Gasteiger charge is 2.09. The summed E-state index contributed by atoms with van der Waals surface area (Å²) < 4.78 is 6.07. The molecular weight excluding hydrogens is 452 g/mol. The van der Waals surface area contributed by atoms with Crippen LogP contribution >= 0.6 is 22.7 Å². The van der Waals surface area contributed by atoms with E-state index in [4.69, 9.17) is 10.8 Å². The number of ketones is 2. The van der Waals surface area contributed by atoms with Gasteiger partial charge in [-0.15, -0.1) is 0 Å². The van der Waals surface area contributed by atoms with Crippen LogP contribution in [0.1, 0.15) is 66.7 Å². The van der Waals surface area contributed by atoms with Gasteiger partial charge in [0.05, 0.1) is 20.4 Å². The first kappa shape index (κ1) is 23.3. The average Bonchev–Trinajstić information content (AvgIpc) is 3.27. The van der Waals surface area contributed by atoms with Gasteiger partial charge in [0.15, 0.2) is 21.2 Å². The van der Waals surface area contributed by atoms with E-state index in [0.29, 0.717) is 20.7 Å². The Kier molecular flexibility index (Phi) is 7.05. The third-order valence-electron chi connectivity index (χ3n) is 5.98. The van der Waals surface area contributed by atoms with Crippen LogP contribution in [-0.4, -0.2) is 20.7 Å². The van der Waals surface area contributed by atoms with Crippen molar-refractivity contribution in [2.24, 2.45) is 0 Å². The van der Waals surface area contributed by atoms with E-state index >= 15 is 0 Å². The number of carbonyl (C=O) groups is 2. The largest absolute Gasteiger partial charge is 0.317 e. The number of hydrogen-bond donors (Lipinski definition) is 2. The number of Topliss-reactive ketones (excluding diaryl/α,β-unsaturated/α-hetero) is 2. The van der Waals surface area contributed by atoms with Crippen molar-refractivity contribution in [1.82, 2.24) is 9.13 Å². The van der Waals surface area contributed by atoms with Crippen LogP contribution in [0.5, 0.6) is 0 Å². The Morgan fingerprint density at radius 1 is 0.697 bits per heavy atom. The lowest BCUT2D eigenvalue weighted by Crippen LogP contribution is -2.13. The molecule has 2 aromatic carbocycles. The fourth-order valence-corrected chi connectivity index (χ4v) is 6.08. The van der Waals surface area contributed by atoms with E-state index in [1.54, 1.807) is 13.8 Å². The number of benzene rings is 2. The van der Waals surface area contributed by atoms with E-state index in [0.717, 1.165) is 65.6 Å². The van der Waals surface area contributed by atoms with E-state index in [2.05, 4.69) is 0 Å². The van der Waals surface area contributed by atoms with Gasteiger partial charge in [0.2, 0.25) is 0 Å². The molecule has 0 aliphatic rings. The number of rotatable bonds is 10. The molecule has 0 saturated heterocycles. The number of nitrogens with one attached hydrogen (secondary N) is 2. The van der Waals surface area contributed by atoms with Crippen molar-refractivity contribution in [3.63, 3.8) is 0 Å². The molecule has 0 saturated carbocycles. The molecule has 2 N–H and O–H groups in total. The lowest BCUT2D eigenvalue weighted by Gasteiger charge is -2.07. The molecule has 0 atom stereocenters. The second-order valence-electron chi connectivity index (χ2n) is 8.36. The molecule has 0 aliphatic heterocycles. The number of aryl methyl sites for hydroxylation is 2. The van der Waals surface area contributed by atoms with Gasteiger partial charge in [0.1, 0.15) is 0 Å². The second-order valence-corrected chi connectivity index (χ2v) is 10.4. The van der Waals surface area contributed by atoms with Gasteiger partial charge >= 0.3 is 0 Å². The van der Waals surface area contributed by atoms with Gasteiger partial charge in [-0.2, -0.15) is 0 Å². The monoisotopic (exact) mass is 480 g/mol. The quantitative estimate of drug-likeness (QED) is 0.224. The second kappa shape index (κ2) is 9.97. The summed E-state index contributed by atoms with van der Waals surface area (Å²) in [5, 5.41) is 16.6. The van der Waals surface area contributed by atoms with E-state index in [-0.39, 0.29) is 11.6 Å². The summed E-state index contributed by atoms with van der Waals surface area (Å²) >= 11 is 2.85. The van der Waals surface area contributed by atoms with E-state index in [1.165, 1.54) is 22.7 Å². The average molecular weight is 481 g/mol. The molecule has 0 fully saturated rings. The Morgan fingerprint density at radius 2 is 1.09 bits per heavy atom. The van der Waals surface area contributed by atoms with Crippen LogP contribution in [0.3, 0.4) is 0 Å². The highest BCUT2D eigenvalue weighted by atomic mass is 32.1. The van der Waals surface area contributed by atoms with Gasteiger partial charge in [-0.3, -0.25) is 20.4 Å². The summed E-state index contributed by atoms with van der Waals surface area (Å²) in [5.41, 5.74) is 3.46. The normalized spacial score (nSPS) is 11.5. The van der Waals surface area contributed by atoms with Crippen LogP contribution in [0.25, 0.3) is 20.4 Å². The fourth-order valence-electron chi connectivity index (χ4n) is 4.13. The van der Waals surface area contributed by atoms with Crippen LogP contribution in [0.15, 0.2) is 36.4 Å². The summed E-state index contributed by atoms with van der Waals surface area (Å²) in [5.74, 6) is 0.102. The maximum atomic E-state index is 11.6. The Labute approximate surface area is 200 Å². The van der Waals surface area contributed by atoms with E-state index in [9.17, 15) is 9.59 Å². The molecule has 2 aromatic heterocycles. The summed E-state index contributed by atoms with van der Waals surface area (Å²) in [6.07, 6.45) is 5.35. The van der Waals surface area contributed by atoms with Crippen molar-refractivity contribution in [1.29, 1.82) is 10.8 Å². The van der Waals surface area contributed by atoms with Crippen molar-refractivity contribution >= 4 is 54.7 Å². The first-order valence-corrected chi connectivity index (χ1v) is 12.9. The van der Waals surface area contributed by atoms with Crippen LogP contribution in [0, 0.1) is 10.8 Å². The number of thiazole rings is 2. The van der Waals surface area contributed by atoms with E-state index in [1.807, 2.05) is 45.5 Å². The van der Waals surface area contributed by atoms with Crippen molar-refractivity contribution < 1.29 is 9.59 Å². The molecule has 0 spiro atoms. The van der Waals surface area contributed by atoms with Crippen molar-refractivity contribution in [2.75, 3.05) is 0 Å². The minimum absolute atomic E-state index is 0.0512. The molecule has 0 amide bonds. The number of unbranched alkanes of at least 4 members (excludes halogenated alkanes) is 4. The SMILES string of the molecule is CC(=O)c1ccc2c(c1)sc(=N)n2CCCCCCCn1c(=N)sc2cc(C(C)=O)ccc21. The summed E-state index contributed by atoms with van der Waals surface area (Å²) in [7, 11) is 0. The molecule has 6 nitrogen and oxygen atoms in total. The lowest BCUT2D eigenvalue weighted by molar-refractivity contribution is 0.100. The smallest absolute Gasteiger partial charge is 0.182 e. The molecule has 8 heteroatoms. The maximum absolute atomic E-state index is 11.6. The molecule has 33 heavy (non-hydrogen) atoms. The summed E-state index contributed by atoms with van der Waals surface area (Å²) in [6.45, 7) is 4.77. The van der Waals surface area contributed by atoms with Crippen LogP contribution < -0.4 is 9.60 Å². The number of carbonyl (C=O) groups excluding carboxylic acids is 2. The Balaban J connectivity index is 1.27. The molecule has 0 aliphatic carbocycles. The predicted molar refractivity (Wildman–Crippen MR) is 134 cm³/mol. The highest BCUT2D eigenvalue weighted by molar-refractivity contribution is 7.16. The Hall–Kier alpha value is -2.84. The third kappa shape index (κ3) is 5.07. The summed E-state index contributed by atoms with van der Waals surface area (Å²) in [6, 6.07) is 11.4. The number of hydrogen-bond acceptors (Lipinski definition) is 6. The molecule has 172 valence electrons. The minimum Gasteiger partial charge on any atom is -0.317 e. The summed E-state index contributed by atoms with van der Waals surface area (Å²) in [4.78, 5) is 24.3. The first-order chi connectivity index (χ1) is 15.8. The third-order valence-corrected chi connectivity index (χ3v) is 7.90. The Bertz CT molecular complexity index is 1340. The predicted octanol–water partition coefficient (Wildman–Crippen LogP) is 5.73. The molecule has 4 aromatic rings. The molecule has 4 rings (SSSR count). The maximum Gasteiger partial charge on any atom is 0.182 e. The van der Waals surface area contributed by atoms with Crippen LogP contribution in [-0.2, 0) is 13.1 Å². The lowest BCUT2D eigenvalue weighted by atomic mass is 10.1. The Morgan fingerprint density at radius 3 is 1.48 bits per heavy atom. The molecule has 0 bridgehead atoms. The molecule has 2 heterocycles. The molecule has 0 unspecified atom stereocenters. The number of fused-ring (bicyclic) bond motifs is 2. The topological polar surface area (TPSA) is 91.7 Å². The molecular formula is C25H28N4O2S2. The van der Waals surface area contributed by atoms with Gasteiger partial charge in [-0.25, -0.2) is 0 Å². The fraction of sp³-hybridized carbons (Fsp3) is 0.360. The van der Waals surface area contributed by atoms with Gasteiger partial charge in [-0.1, -0.05) is 41.9 Å². The zero-order chi connectivity index (χ0) is 23.5.